The smallest absolute Gasteiger partial charge is 0.338 e. The van der Waals surface area contributed by atoms with Gasteiger partial charge in [-0.1, -0.05) is 12.8 Å². The predicted octanol–water partition coefficient (Wildman–Crippen LogP) is 2.37. The first-order valence-corrected chi connectivity index (χ1v) is 9.43. The number of esters is 1. The number of nitrogens with one attached hydrogen (secondary N) is 1. The molecular formula is C20H24N2O5. The molecule has 1 heterocycles. The summed E-state index contributed by atoms with van der Waals surface area (Å²) in [6, 6.07) is 6.38. The lowest BCUT2D eigenvalue weighted by atomic mass is 9.81. The van der Waals surface area contributed by atoms with Crippen LogP contribution in [-0.2, 0) is 19.1 Å². The van der Waals surface area contributed by atoms with Gasteiger partial charge in [0.2, 0.25) is 17.7 Å². The van der Waals surface area contributed by atoms with Crippen LogP contribution in [0.1, 0.15) is 49.4 Å². The van der Waals surface area contributed by atoms with E-state index in [0.717, 1.165) is 25.7 Å². The van der Waals surface area contributed by atoms with Gasteiger partial charge in [0.05, 0.1) is 24.0 Å². The van der Waals surface area contributed by atoms with Crippen LogP contribution in [0.3, 0.4) is 0 Å². The van der Waals surface area contributed by atoms with Crippen molar-refractivity contribution in [3.8, 4) is 0 Å². The minimum atomic E-state index is -0.414. The third-order valence-corrected chi connectivity index (χ3v) is 5.17. The van der Waals surface area contributed by atoms with E-state index < -0.39 is 5.97 Å². The van der Waals surface area contributed by atoms with E-state index in [0.29, 0.717) is 17.9 Å². The number of anilines is 1. The molecule has 3 rings (SSSR count). The minimum Gasteiger partial charge on any atom is -0.462 e. The van der Waals surface area contributed by atoms with Gasteiger partial charge < -0.3 is 10.1 Å². The zero-order valence-electron chi connectivity index (χ0n) is 15.4. The summed E-state index contributed by atoms with van der Waals surface area (Å²) in [5.74, 6) is -1.33. The predicted molar refractivity (Wildman–Crippen MR) is 97.8 cm³/mol. The Morgan fingerprint density at radius 3 is 2.22 bits per heavy atom. The number of rotatable bonds is 6. The second-order valence-corrected chi connectivity index (χ2v) is 6.92. The van der Waals surface area contributed by atoms with E-state index in [-0.39, 0.29) is 42.5 Å². The average molecular weight is 372 g/mol. The number of benzene rings is 1. The van der Waals surface area contributed by atoms with Gasteiger partial charge in [-0.2, -0.15) is 0 Å². The van der Waals surface area contributed by atoms with Crippen LogP contribution in [0.2, 0.25) is 0 Å². The summed E-state index contributed by atoms with van der Waals surface area (Å²) in [5, 5.41) is 2.72. The highest BCUT2D eigenvalue weighted by atomic mass is 16.5. The van der Waals surface area contributed by atoms with E-state index in [1.165, 1.54) is 4.90 Å². The fourth-order valence-corrected chi connectivity index (χ4v) is 3.79. The maximum absolute atomic E-state index is 12.4. The Morgan fingerprint density at radius 1 is 1.07 bits per heavy atom. The Balaban J connectivity index is 1.52. The lowest BCUT2D eigenvalue weighted by Gasteiger charge is -2.19. The highest BCUT2D eigenvalue weighted by Gasteiger charge is 2.47. The lowest BCUT2D eigenvalue weighted by Crippen LogP contribution is -2.34. The number of carbonyl (C=O) groups is 4. The van der Waals surface area contributed by atoms with Gasteiger partial charge in [-0.3, -0.25) is 19.3 Å². The molecule has 0 bridgehead atoms. The monoisotopic (exact) mass is 372 g/mol. The molecule has 0 radical (unpaired) electrons. The molecule has 1 aromatic rings. The molecule has 0 spiro atoms. The molecule has 1 aliphatic carbocycles. The van der Waals surface area contributed by atoms with Crippen LogP contribution < -0.4 is 5.32 Å². The van der Waals surface area contributed by atoms with Crippen molar-refractivity contribution in [1.82, 2.24) is 4.90 Å². The van der Waals surface area contributed by atoms with Gasteiger partial charge in [0.15, 0.2) is 0 Å². The van der Waals surface area contributed by atoms with Gasteiger partial charge in [-0.05, 0) is 44.0 Å². The van der Waals surface area contributed by atoms with E-state index in [4.69, 9.17) is 4.74 Å². The summed E-state index contributed by atoms with van der Waals surface area (Å²) in [6.45, 7) is 2.14. The number of likely N-dealkylation sites (tertiary alicyclic amines) is 1. The van der Waals surface area contributed by atoms with Crippen molar-refractivity contribution in [3.05, 3.63) is 29.8 Å². The summed E-state index contributed by atoms with van der Waals surface area (Å²) in [4.78, 5) is 49.8. The largest absolute Gasteiger partial charge is 0.462 e. The molecule has 2 fully saturated rings. The molecule has 1 saturated carbocycles. The van der Waals surface area contributed by atoms with E-state index in [1.54, 1.807) is 31.2 Å². The van der Waals surface area contributed by atoms with Crippen molar-refractivity contribution < 1.29 is 23.9 Å². The summed E-state index contributed by atoms with van der Waals surface area (Å²) in [5.41, 5.74) is 0.950. The number of amides is 3. The van der Waals surface area contributed by atoms with Crippen LogP contribution in [0.4, 0.5) is 5.69 Å². The fraction of sp³-hybridized carbons (Fsp3) is 0.500. The first-order valence-electron chi connectivity index (χ1n) is 9.43. The highest BCUT2D eigenvalue weighted by molar-refractivity contribution is 6.05. The molecule has 1 N–H and O–H groups in total. The van der Waals surface area contributed by atoms with Crippen molar-refractivity contribution in [3.63, 3.8) is 0 Å². The molecule has 7 heteroatoms. The summed E-state index contributed by atoms with van der Waals surface area (Å²) >= 11 is 0. The third-order valence-electron chi connectivity index (χ3n) is 5.17. The normalized spacial score (nSPS) is 21.7. The number of carbonyl (C=O) groups excluding carboxylic acids is 4. The van der Waals surface area contributed by atoms with Gasteiger partial charge in [0.1, 0.15) is 0 Å². The van der Waals surface area contributed by atoms with Crippen molar-refractivity contribution in [2.75, 3.05) is 18.5 Å². The molecule has 27 heavy (non-hydrogen) atoms. The first-order chi connectivity index (χ1) is 13.0. The molecule has 1 aliphatic heterocycles. The number of imide groups is 1. The number of fused-ring (bicyclic) bond motifs is 1. The van der Waals surface area contributed by atoms with Crippen molar-refractivity contribution >= 4 is 29.4 Å². The topological polar surface area (TPSA) is 92.8 Å². The number of hydrogen-bond donors (Lipinski definition) is 1. The second-order valence-electron chi connectivity index (χ2n) is 6.92. The lowest BCUT2D eigenvalue weighted by molar-refractivity contribution is -0.140. The van der Waals surface area contributed by atoms with Crippen molar-refractivity contribution in [2.45, 2.75) is 39.0 Å². The van der Waals surface area contributed by atoms with Gasteiger partial charge in [0.25, 0.3) is 0 Å². The SMILES string of the molecule is CCOC(=O)c1ccc(NC(=O)CCN2C(=O)C3CCCCC3C2=O)cc1. The molecular weight excluding hydrogens is 348 g/mol. The van der Waals surface area contributed by atoms with Gasteiger partial charge in [-0.15, -0.1) is 0 Å². The quantitative estimate of drug-likeness (QED) is 0.611. The zero-order chi connectivity index (χ0) is 19.4. The summed E-state index contributed by atoms with van der Waals surface area (Å²) in [6.07, 6.45) is 3.55. The molecule has 144 valence electrons. The second kappa shape index (κ2) is 8.33. The first kappa shape index (κ1) is 19.1. The molecule has 1 saturated heterocycles. The number of nitrogens with zero attached hydrogens (tertiary/aromatic N) is 1. The number of ether oxygens (including phenoxy) is 1. The van der Waals surface area contributed by atoms with Gasteiger partial charge in [0, 0.05) is 18.7 Å². The van der Waals surface area contributed by atoms with Crippen molar-refractivity contribution in [2.24, 2.45) is 11.8 Å². The molecule has 2 unspecified atom stereocenters. The third kappa shape index (κ3) is 4.18. The minimum absolute atomic E-state index is 0.0521. The molecule has 0 aromatic heterocycles. The molecule has 7 nitrogen and oxygen atoms in total. The Morgan fingerprint density at radius 2 is 1.67 bits per heavy atom. The molecule has 2 atom stereocenters. The van der Waals surface area contributed by atoms with E-state index in [2.05, 4.69) is 5.32 Å². The standard InChI is InChI=1S/C20H24N2O5/c1-2-27-20(26)13-7-9-14(10-8-13)21-17(23)11-12-22-18(24)15-5-3-4-6-16(15)19(22)25/h7-10,15-16H,2-6,11-12H2,1H3,(H,21,23). The summed E-state index contributed by atoms with van der Waals surface area (Å²) < 4.78 is 4.91. The Bertz CT molecular complexity index is 719. The molecule has 2 aliphatic rings. The molecule has 1 aromatic carbocycles. The highest BCUT2D eigenvalue weighted by Crippen LogP contribution is 2.37. The summed E-state index contributed by atoms with van der Waals surface area (Å²) in [7, 11) is 0. The van der Waals surface area contributed by atoms with Crippen LogP contribution in [0, 0.1) is 11.8 Å². The molecule has 3 amide bonds. The van der Waals surface area contributed by atoms with E-state index in [9.17, 15) is 19.2 Å². The van der Waals surface area contributed by atoms with E-state index in [1.807, 2.05) is 0 Å². The van der Waals surface area contributed by atoms with Gasteiger partial charge in [-0.25, -0.2) is 4.79 Å². The van der Waals surface area contributed by atoms with Crippen LogP contribution >= 0.6 is 0 Å². The zero-order valence-corrected chi connectivity index (χ0v) is 15.4. The number of hydrogen-bond acceptors (Lipinski definition) is 5. The maximum atomic E-state index is 12.4. The Kier molecular flexibility index (Phi) is 5.88. The Labute approximate surface area is 158 Å². The van der Waals surface area contributed by atoms with Crippen LogP contribution in [0.25, 0.3) is 0 Å². The van der Waals surface area contributed by atoms with Crippen LogP contribution in [0.15, 0.2) is 24.3 Å². The van der Waals surface area contributed by atoms with Gasteiger partial charge >= 0.3 is 5.97 Å². The van der Waals surface area contributed by atoms with E-state index >= 15 is 0 Å². The maximum Gasteiger partial charge on any atom is 0.338 e. The van der Waals surface area contributed by atoms with Crippen LogP contribution in [-0.4, -0.2) is 41.7 Å². The van der Waals surface area contributed by atoms with Crippen molar-refractivity contribution in [1.29, 1.82) is 0 Å². The average Bonchev–Trinajstić information content (AvgIpc) is 2.92. The van der Waals surface area contributed by atoms with Crippen LogP contribution in [0.5, 0.6) is 0 Å². The fourth-order valence-electron chi connectivity index (χ4n) is 3.79. The Hall–Kier alpha value is -2.70.